The molecule has 1 aliphatic heterocycles. The number of amides is 2. The minimum Gasteiger partial charge on any atom is -0.308 e. The van der Waals surface area contributed by atoms with Crippen molar-refractivity contribution in [2.24, 2.45) is 0 Å². The molecule has 2 aromatic rings. The molecule has 2 amide bonds. The molecule has 1 N–H and O–H groups in total. The molecule has 1 fully saturated rings. The third-order valence-corrected chi connectivity index (χ3v) is 5.67. The lowest BCUT2D eigenvalue weighted by atomic mass is 10.2. The number of alkyl halides is 3. The van der Waals surface area contributed by atoms with Crippen LogP contribution >= 0.6 is 35.0 Å². The third-order valence-electron chi connectivity index (χ3n) is 3.83. The highest BCUT2D eigenvalue weighted by molar-refractivity contribution is 7.99. The Kier molecular flexibility index (Phi) is 5.60. The van der Waals surface area contributed by atoms with E-state index < -0.39 is 22.8 Å². The first-order valence-corrected chi connectivity index (χ1v) is 9.37. The van der Waals surface area contributed by atoms with Crippen LogP contribution in [0.25, 0.3) is 0 Å². The molecule has 1 unspecified atom stereocenters. The van der Waals surface area contributed by atoms with E-state index in [0.717, 1.165) is 23.4 Å². The number of nitrogens with one attached hydrogen (secondary N) is 1. The summed E-state index contributed by atoms with van der Waals surface area (Å²) in [5.74, 6) is 0.731. The van der Waals surface area contributed by atoms with Gasteiger partial charge < -0.3 is 10.2 Å². The first-order valence-electron chi connectivity index (χ1n) is 7.57. The molecule has 1 saturated heterocycles. The summed E-state index contributed by atoms with van der Waals surface area (Å²) in [7, 11) is 0. The fourth-order valence-electron chi connectivity index (χ4n) is 2.60. The zero-order chi connectivity index (χ0) is 18.9. The van der Waals surface area contributed by atoms with E-state index >= 15 is 0 Å². The Labute approximate surface area is 162 Å². The highest BCUT2D eigenvalue weighted by Crippen LogP contribution is 2.39. The topological polar surface area (TPSA) is 32.3 Å². The lowest BCUT2D eigenvalue weighted by Crippen LogP contribution is -2.34. The number of anilines is 1. The summed E-state index contributed by atoms with van der Waals surface area (Å²) in [6.45, 7) is 0.490. The van der Waals surface area contributed by atoms with Crippen LogP contribution in [0.1, 0.15) is 16.5 Å². The molecular weight excluding hydrogens is 408 g/mol. The second-order valence-electron chi connectivity index (χ2n) is 5.59. The normalized spacial score (nSPS) is 17.4. The van der Waals surface area contributed by atoms with Gasteiger partial charge in [0.2, 0.25) is 0 Å². The van der Waals surface area contributed by atoms with Crippen LogP contribution in [-0.4, -0.2) is 23.2 Å². The van der Waals surface area contributed by atoms with E-state index in [1.807, 2.05) is 12.1 Å². The maximum absolute atomic E-state index is 13.0. The molecule has 3 nitrogen and oxygen atoms in total. The number of urea groups is 1. The number of nitrogens with zero attached hydrogens (tertiary/aromatic N) is 1. The SMILES string of the molecule is O=C(Nc1ccc(Cl)c(C(F)(F)F)c1)N1CCSC1c1ccc(Cl)cc1. The molecule has 3 rings (SSSR count). The standard InChI is InChI=1S/C17H13Cl2F3N2OS/c18-11-3-1-10(2-4-11)15-24(7-8-26-15)16(25)23-12-5-6-14(19)13(9-12)17(20,21)22/h1-6,9,15H,7-8H2,(H,23,25). The average molecular weight is 421 g/mol. The molecule has 9 heteroatoms. The van der Waals surface area contributed by atoms with Gasteiger partial charge in [0.1, 0.15) is 5.37 Å². The van der Waals surface area contributed by atoms with Gasteiger partial charge in [-0.2, -0.15) is 13.2 Å². The van der Waals surface area contributed by atoms with Crippen LogP contribution in [0.2, 0.25) is 10.0 Å². The largest absolute Gasteiger partial charge is 0.417 e. The maximum Gasteiger partial charge on any atom is 0.417 e. The van der Waals surface area contributed by atoms with Crippen LogP contribution in [0.15, 0.2) is 42.5 Å². The minimum atomic E-state index is -4.59. The highest BCUT2D eigenvalue weighted by atomic mass is 35.5. The second kappa shape index (κ2) is 7.58. The Morgan fingerprint density at radius 1 is 1.15 bits per heavy atom. The third kappa shape index (κ3) is 4.22. The summed E-state index contributed by atoms with van der Waals surface area (Å²) in [6, 6.07) is 9.96. The number of hydrogen-bond acceptors (Lipinski definition) is 2. The fraction of sp³-hybridized carbons (Fsp3) is 0.235. The molecule has 0 saturated carbocycles. The van der Waals surface area contributed by atoms with Gasteiger partial charge in [0.05, 0.1) is 10.6 Å². The number of rotatable bonds is 2. The molecule has 2 aromatic carbocycles. The molecule has 0 spiro atoms. The van der Waals surface area contributed by atoms with E-state index in [4.69, 9.17) is 23.2 Å². The first kappa shape index (κ1) is 19.2. The van der Waals surface area contributed by atoms with Crippen molar-refractivity contribution >= 4 is 46.7 Å². The van der Waals surface area contributed by atoms with Crippen molar-refractivity contribution in [3.05, 3.63) is 63.6 Å². The van der Waals surface area contributed by atoms with E-state index in [9.17, 15) is 18.0 Å². The maximum atomic E-state index is 13.0. The molecule has 26 heavy (non-hydrogen) atoms. The average Bonchev–Trinajstić information content (AvgIpc) is 3.06. The van der Waals surface area contributed by atoms with Gasteiger partial charge in [0, 0.05) is 23.0 Å². The molecule has 138 valence electrons. The van der Waals surface area contributed by atoms with Crippen molar-refractivity contribution in [2.75, 3.05) is 17.6 Å². The van der Waals surface area contributed by atoms with Crippen LogP contribution in [0.4, 0.5) is 23.7 Å². The van der Waals surface area contributed by atoms with E-state index in [-0.39, 0.29) is 11.1 Å². The van der Waals surface area contributed by atoms with Crippen molar-refractivity contribution in [2.45, 2.75) is 11.6 Å². The lowest BCUT2D eigenvalue weighted by molar-refractivity contribution is -0.137. The van der Waals surface area contributed by atoms with Crippen molar-refractivity contribution in [3.8, 4) is 0 Å². The number of hydrogen-bond donors (Lipinski definition) is 1. The molecule has 0 aliphatic carbocycles. The zero-order valence-electron chi connectivity index (χ0n) is 13.2. The van der Waals surface area contributed by atoms with Gasteiger partial charge in [0.25, 0.3) is 0 Å². The van der Waals surface area contributed by atoms with Gasteiger partial charge in [-0.25, -0.2) is 4.79 Å². The summed E-state index contributed by atoms with van der Waals surface area (Å²) in [5, 5.41) is 2.48. The van der Waals surface area contributed by atoms with E-state index in [1.165, 1.54) is 6.07 Å². The number of carbonyl (C=O) groups excluding carboxylic acids is 1. The smallest absolute Gasteiger partial charge is 0.308 e. The van der Waals surface area contributed by atoms with E-state index in [0.29, 0.717) is 11.6 Å². The summed E-state index contributed by atoms with van der Waals surface area (Å²) in [5.41, 5.74) is -0.0420. The van der Waals surface area contributed by atoms with Gasteiger partial charge in [0.15, 0.2) is 0 Å². The van der Waals surface area contributed by atoms with Gasteiger partial charge in [-0.05, 0) is 35.9 Å². The fourth-order valence-corrected chi connectivity index (χ4v) is 4.20. The van der Waals surface area contributed by atoms with Crippen molar-refractivity contribution in [1.29, 1.82) is 0 Å². The minimum absolute atomic E-state index is 0.0403. The van der Waals surface area contributed by atoms with Gasteiger partial charge >= 0.3 is 12.2 Å². The molecular formula is C17H13Cl2F3N2OS. The van der Waals surface area contributed by atoms with Gasteiger partial charge in [-0.15, -0.1) is 11.8 Å². The van der Waals surface area contributed by atoms with Crippen molar-refractivity contribution < 1.29 is 18.0 Å². The molecule has 0 radical (unpaired) electrons. The Morgan fingerprint density at radius 3 is 2.50 bits per heavy atom. The number of halogens is 5. The molecule has 1 heterocycles. The molecule has 1 aliphatic rings. The Morgan fingerprint density at radius 2 is 1.85 bits per heavy atom. The van der Waals surface area contributed by atoms with Crippen LogP contribution in [0, 0.1) is 0 Å². The van der Waals surface area contributed by atoms with Crippen LogP contribution in [0.5, 0.6) is 0 Å². The summed E-state index contributed by atoms with van der Waals surface area (Å²) in [4.78, 5) is 14.2. The first-order chi connectivity index (χ1) is 12.3. The lowest BCUT2D eigenvalue weighted by Gasteiger charge is -2.24. The van der Waals surface area contributed by atoms with Crippen LogP contribution in [0.3, 0.4) is 0 Å². The van der Waals surface area contributed by atoms with E-state index in [2.05, 4.69) is 5.32 Å². The Hall–Kier alpha value is -1.57. The summed E-state index contributed by atoms with van der Waals surface area (Å²) in [6.07, 6.45) is -4.59. The quantitative estimate of drug-likeness (QED) is 0.618. The second-order valence-corrected chi connectivity index (χ2v) is 7.62. The highest BCUT2D eigenvalue weighted by Gasteiger charge is 2.34. The number of thioether (sulfide) groups is 1. The summed E-state index contributed by atoms with van der Waals surface area (Å²) >= 11 is 13.1. The molecule has 0 aromatic heterocycles. The predicted molar refractivity (Wildman–Crippen MR) is 98.8 cm³/mol. The number of carbonyl (C=O) groups is 1. The predicted octanol–water partition coefficient (Wildman–Crippen LogP) is 6.29. The molecule has 1 atom stereocenters. The van der Waals surface area contributed by atoms with E-state index in [1.54, 1.807) is 28.8 Å². The van der Waals surface area contributed by atoms with Gasteiger partial charge in [-0.3, -0.25) is 0 Å². The Balaban J connectivity index is 1.78. The van der Waals surface area contributed by atoms with Gasteiger partial charge in [-0.1, -0.05) is 35.3 Å². The Bertz CT molecular complexity index is 815. The van der Waals surface area contributed by atoms with Crippen molar-refractivity contribution in [1.82, 2.24) is 4.90 Å². The van der Waals surface area contributed by atoms with Crippen molar-refractivity contribution in [3.63, 3.8) is 0 Å². The monoisotopic (exact) mass is 420 g/mol. The molecule has 0 bridgehead atoms. The number of benzene rings is 2. The van der Waals surface area contributed by atoms with Crippen LogP contribution in [-0.2, 0) is 6.18 Å². The zero-order valence-corrected chi connectivity index (χ0v) is 15.5. The summed E-state index contributed by atoms with van der Waals surface area (Å²) < 4.78 is 38.9. The van der Waals surface area contributed by atoms with Crippen LogP contribution < -0.4 is 5.32 Å².